The van der Waals surface area contributed by atoms with Gasteiger partial charge in [0.05, 0.1) is 5.69 Å². The molecule has 0 spiro atoms. The second kappa shape index (κ2) is 4.85. The summed E-state index contributed by atoms with van der Waals surface area (Å²) in [5.74, 6) is 0.481. The molecule has 3 rings (SSSR count). The van der Waals surface area contributed by atoms with Crippen LogP contribution in [0.15, 0.2) is 42.7 Å². The van der Waals surface area contributed by atoms with Crippen molar-refractivity contribution in [3.05, 3.63) is 54.1 Å². The fourth-order valence-electron chi connectivity index (χ4n) is 2.10. The summed E-state index contributed by atoms with van der Waals surface area (Å²) in [6.45, 7) is 1.85. The van der Waals surface area contributed by atoms with E-state index < -0.39 is 0 Å². The number of aromatic nitrogens is 4. The Bertz CT molecular complexity index is 727. The van der Waals surface area contributed by atoms with Crippen molar-refractivity contribution < 1.29 is 4.39 Å². The minimum atomic E-state index is -0.269. The van der Waals surface area contributed by atoms with E-state index in [4.69, 9.17) is 0 Å². The van der Waals surface area contributed by atoms with Crippen molar-refractivity contribution >= 4 is 0 Å². The number of hydrogen-bond donors (Lipinski definition) is 0. The van der Waals surface area contributed by atoms with E-state index in [1.165, 1.54) is 12.1 Å². The number of aryl methyl sites for hydroxylation is 2. The van der Waals surface area contributed by atoms with E-state index in [9.17, 15) is 4.39 Å². The maximum Gasteiger partial charge on any atom is 0.160 e. The lowest BCUT2D eigenvalue weighted by atomic mass is 10.1. The average molecular weight is 268 g/mol. The predicted octanol–water partition coefficient (Wildman–Crippen LogP) is 2.99. The summed E-state index contributed by atoms with van der Waals surface area (Å²) in [4.78, 5) is 4.22. The highest BCUT2D eigenvalue weighted by Gasteiger charge is 2.08. The lowest BCUT2D eigenvalue weighted by Crippen LogP contribution is -1.96. The van der Waals surface area contributed by atoms with Crippen LogP contribution in [0.1, 0.15) is 5.56 Å². The average Bonchev–Trinajstić information content (AvgIpc) is 2.84. The highest BCUT2D eigenvalue weighted by Crippen LogP contribution is 2.21. The third-order valence-corrected chi connectivity index (χ3v) is 3.05. The van der Waals surface area contributed by atoms with Crippen LogP contribution in [0.5, 0.6) is 0 Å². The van der Waals surface area contributed by atoms with Crippen LogP contribution in [0.25, 0.3) is 22.8 Å². The highest BCUT2D eigenvalue weighted by atomic mass is 19.1. The first-order valence-electron chi connectivity index (χ1n) is 6.22. The van der Waals surface area contributed by atoms with Crippen LogP contribution in [-0.4, -0.2) is 19.7 Å². The molecule has 2 aromatic heterocycles. The van der Waals surface area contributed by atoms with Crippen LogP contribution in [0.3, 0.4) is 0 Å². The molecule has 5 heteroatoms. The maximum absolute atomic E-state index is 13.4. The zero-order valence-electron chi connectivity index (χ0n) is 11.2. The van der Waals surface area contributed by atoms with Gasteiger partial charge in [0.2, 0.25) is 0 Å². The molecule has 0 aliphatic heterocycles. The van der Waals surface area contributed by atoms with Gasteiger partial charge >= 0.3 is 0 Å². The van der Waals surface area contributed by atoms with E-state index in [0.29, 0.717) is 11.4 Å². The molecule has 0 aliphatic carbocycles. The van der Waals surface area contributed by atoms with Crippen molar-refractivity contribution in [3.8, 4) is 22.8 Å². The summed E-state index contributed by atoms with van der Waals surface area (Å²) in [5.41, 5.74) is 2.91. The first-order chi connectivity index (χ1) is 9.63. The lowest BCUT2D eigenvalue weighted by molar-refractivity contribution is 0.627. The maximum atomic E-state index is 13.4. The second-order valence-corrected chi connectivity index (χ2v) is 4.68. The fourth-order valence-corrected chi connectivity index (χ4v) is 2.10. The van der Waals surface area contributed by atoms with Gasteiger partial charge in [-0.1, -0.05) is 0 Å². The topological polar surface area (TPSA) is 43.6 Å². The molecule has 3 aromatic rings. The molecule has 2 heterocycles. The Balaban J connectivity index is 1.99. The predicted molar refractivity (Wildman–Crippen MR) is 74.4 cm³/mol. The molecular weight excluding hydrogens is 255 g/mol. The monoisotopic (exact) mass is 268 g/mol. The van der Waals surface area contributed by atoms with Crippen LogP contribution < -0.4 is 0 Å². The van der Waals surface area contributed by atoms with Gasteiger partial charge in [0.25, 0.3) is 0 Å². The Labute approximate surface area is 115 Å². The van der Waals surface area contributed by atoms with Crippen LogP contribution in [-0.2, 0) is 7.05 Å². The Morgan fingerprint density at radius 3 is 2.40 bits per heavy atom. The fraction of sp³-hybridized carbons (Fsp3) is 0.133. The van der Waals surface area contributed by atoms with E-state index in [0.717, 1.165) is 17.0 Å². The van der Waals surface area contributed by atoms with Gasteiger partial charge in [-0.15, -0.1) is 10.2 Å². The largest absolute Gasteiger partial charge is 0.333 e. The minimum Gasteiger partial charge on any atom is -0.333 e. The third-order valence-electron chi connectivity index (χ3n) is 3.05. The smallest absolute Gasteiger partial charge is 0.160 e. The van der Waals surface area contributed by atoms with Crippen LogP contribution >= 0.6 is 0 Å². The zero-order chi connectivity index (χ0) is 14.1. The Kier molecular flexibility index (Phi) is 3.02. The number of hydrogen-bond acceptors (Lipinski definition) is 3. The number of imidazole rings is 1. The second-order valence-electron chi connectivity index (χ2n) is 4.68. The molecule has 100 valence electrons. The molecule has 0 atom stereocenters. The molecule has 0 bridgehead atoms. The van der Waals surface area contributed by atoms with E-state index >= 15 is 0 Å². The Hall–Kier alpha value is -2.56. The summed E-state index contributed by atoms with van der Waals surface area (Å²) < 4.78 is 15.3. The number of benzene rings is 1. The molecule has 0 radical (unpaired) electrons. The molecular formula is C15H13FN4. The van der Waals surface area contributed by atoms with Gasteiger partial charge in [-0.25, -0.2) is 9.37 Å². The van der Waals surface area contributed by atoms with E-state index in [1.807, 2.05) is 42.9 Å². The van der Waals surface area contributed by atoms with Crippen molar-refractivity contribution in [2.24, 2.45) is 7.05 Å². The van der Waals surface area contributed by atoms with Gasteiger partial charge in [0.15, 0.2) is 5.82 Å². The molecule has 4 nitrogen and oxygen atoms in total. The number of halogens is 1. The van der Waals surface area contributed by atoms with Gasteiger partial charge in [0, 0.05) is 25.0 Å². The minimum absolute atomic E-state index is 0.269. The quantitative estimate of drug-likeness (QED) is 0.717. The summed E-state index contributed by atoms with van der Waals surface area (Å²) in [7, 11) is 1.90. The van der Waals surface area contributed by atoms with Crippen molar-refractivity contribution in [3.63, 3.8) is 0 Å². The molecule has 0 fully saturated rings. The Morgan fingerprint density at radius 2 is 1.80 bits per heavy atom. The van der Waals surface area contributed by atoms with E-state index in [1.54, 1.807) is 6.20 Å². The van der Waals surface area contributed by atoms with Crippen molar-refractivity contribution in [1.29, 1.82) is 0 Å². The number of rotatable bonds is 2. The summed E-state index contributed by atoms with van der Waals surface area (Å²) in [6.07, 6.45) is 3.56. The lowest BCUT2D eigenvalue weighted by Gasteiger charge is -2.04. The van der Waals surface area contributed by atoms with Crippen molar-refractivity contribution in [1.82, 2.24) is 19.7 Å². The molecule has 0 amide bonds. The first kappa shape index (κ1) is 12.5. The molecule has 0 unspecified atom stereocenters. The van der Waals surface area contributed by atoms with Crippen LogP contribution in [0.4, 0.5) is 4.39 Å². The third kappa shape index (κ3) is 2.30. The SMILES string of the molecule is Cc1cc(F)cc(-c2ccc(-c3nccn3C)nn2)c1. The van der Waals surface area contributed by atoms with Gasteiger partial charge in [-0.3, -0.25) is 0 Å². The molecule has 0 aliphatic rings. The zero-order valence-corrected chi connectivity index (χ0v) is 11.2. The van der Waals surface area contributed by atoms with Gasteiger partial charge < -0.3 is 4.57 Å². The van der Waals surface area contributed by atoms with Gasteiger partial charge in [-0.2, -0.15) is 0 Å². The van der Waals surface area contributed by atoms with Gasteiger partial charge in [-0.05, 0) is 42.8 Å². The highest BCUT2D eigenvalue weighted by molar-refractivity contribution is 5.61. The summed E-state index contributed by atoms with van der Waals surface area (Å²) in [5, 5.41) is 8.32. The van der Waals surface area contributed by atoms with E-state index in [-0.39, 0.29) is 5.82 Å². The molecule has 0 saturated heterocycles. The van der Waals surface area contributed by atoms with Gasteiger partial charge in [0.1, 0.15) is 11.5 Å². The van der Waals surface area contributed by atoms with Crippen molar-refractivity contribution in [2.75, 3.05) is 0 Å². The summed E-state index contributed by atoms with van der Waals surface area (Å²) in [6, 6.07) is 8.49. The van der Waals surface area contributed by atoms with Crippen LogP contribution in [0.2, 0.25) is 0 Å². The molecule has 20 heavy (non-hydrogen) atoms. The van der Waals surface area contributed by atoms with Crippen LogP contribution in [0, 0.1) is 12.7 Å². The summed E-state index contributed by atoms with van der Waals surface area (Å²) >= 11 is 0. The normalized spacial score (nSPS) is 10.8. The molecule has 0 saturated carbocycles. The Morgan fingerprint density at radius 1 is 1.05 bits per heavy atom. The standard InChI is InChI=1S/C15H13FN4/c1-10-7-11(9-12(16)8-10)13-3-4-14(19-18-13)15-17-5-6-20(15)2/h3-9H,1-2H3. The number of nitrogens with zero attached hydrogens (tertiary/aromatic N) is 4. The first-order valence-corrected chi connectivity index (χ1v) is 6.22. The molecule has 1 aromatic carbocycles. The molecule has 0 N–H and O–H groups in total. The van der Waals surface area contributed by atoms with E-state index in [2.05, 4.69) is 15.2 Å². The van der Waals surface area contributed by atoms with Crippen molar-refractivity contribution in [2.45, 2.75) is 6.92 Å².